The topological polar surface area (TPSA) is 38.7 Å². The minimum atomic E-state index is -0.377. The highest BCUT2D eigenvalue weighted by atomic mass is 16.5. The number of rotatable bonds is 8. The van der Waals surface area contributed by atoms with Crippen molar-refractivity contribution < 1.29 is 14.6 Å². The van der Waals surface area contributed by atoms with Crippen molar-refractivity contribution in [3.63, 3.8) is 0 Å². The van der Waals surface area contributed by atoms with Crippen molar-refractivity contribution in [2.24, 2.45) is 5.92 Å². The van der Waals surface area contributed by atoms with Crippen molar-refractivity contribution in [1.29, 1.82) is 0 Å². The van der Waals surface area contributed by atoms with Gasteiger partial charge in [0.15, 0.2) is 0 Å². The molecule has 18 heavy (non-hydrogen) atoms. The van der Waals surface area contributed by atoms with Crippen molar-refractivity contribution >= 4 is 0 Å². The Morgan fingerprint density at radius 3 is 2.56 bits per heavy atom. The fourth-order valence-corrected chi connectivity index (χ4v) is 1.54. The van der Waals surface area contributed by atoms with E-state index < -0.39 is 0 Å². The van der Waals surface area contributed by atoms with Crippen molar-refractivity contribution in [3.8, 4) is 5.75 Å². The molecule has 0 saturated heterocycles. The molecule has 0 unspecified atom stereocenters. The molecule has 100 valence electrons. The molecule has 0 aliphatic rings. The molecular formula is C15H22O3. The van der Waals surface area contributed by atoms with Crippen LogP contribution in [0.15, 0.2) is 36.9 Å². The molecule has 3 nitrogen and oxygen atoms in total. The largest absolute Gasteiger partial charge is 0.497 e. The molecule has 0 spiro atoms. The average molecular weight is 250 g/mol. The fraction of sp³-hybridized carbons (Fsp3) is 0.467. The molecule has 1 rings (SSSR count). The van der Waals surface area contributed by atoms with Gasteiger partial charge in [0.25, 0.3) is 0 Å². The van der Waals surface area contributed by atoms with Crippen LogP contribution in [0.1, 0.15) is 18.9 Å². The summed E-state index contributed by atoms with van der Waals surface area (Å²) in [6, 6.07) is 7.77. The summed E-state index contributed by atoms with van der Waals surface area (Å²) in [6.07, 6.45) is 2.01. The standard InChI is InChI=1S/C15H22O3/c1-4-12(2)15(16)9-10-18-11-13-5-7-14(17-3)8-6-13/h4-8,12,15-16H,1,9-11H2,2-3H3/t12-,15+/m1/s1. The van der Waals surface area contributed by atoms with Crippen molar-refractivity contribution in [2.75, 3.05) is 13.7 Å². The summed E-state index contributed by atoms with van der Waals surface area (Å²) in [4.78, 5) is 0. The molecule has 0 heterocycles. The monoisotopic (exact) mass is 250 g/mol. The molecule has 1 aromatic carbocycles. The van der Waals surface area contributed by atoms with Gasteiger partial charge in [-0.1, -0.05) is 25.1 Å². The van der Waals surface area contributed by atoms with Gasteiger partial charge in [-0.3, -0.25) is 0 Å². The van der Waals surface area contributed by atoms with Crippen LogP contribution in [0.4, 0.5) is 0 Å². The van der Waals surface area contributed by atoms with Gasteiger partial charge in [0.05, 0.1) is 19.8 Å². The van der Waals surface area contributed by atoms with E-state index in [-0.39, 0.29) is 12.0 Å². The Morgan fingerprint density at radius 2 is 2.00 bits per heavy atom. The molecule has 1 N–H and O–H groups in total. The normalized spacial score (nSPS) is 13.9. The summed E-state index contributed by atoms with van der Waals surface area (Å²) in [5.41, 5.74) is 1.10. The smallest absolute Gasteiger partial charge is 0.118 e. The predicted molar refractivity (Wildman–Crippen MR) is 72.6 cm³/mol. The lowest BCUT2D eigenvalue weighted by Gasteiger charge is -2.14. The number of aliphatic hydroxyl groups excluding tert-OH is 1. The van der Waals surface area contributed by atoms with E-state index in [4.69, 9.17) is 9.47 Å². The summed E-state index contributed by atoms with van der Waals surface area (Å²) in [5.74, 6) is 0.948. The lowest BCUT2D eigenvalue weighted by atomic mass is 10.0. The fourth-order valence-electron chi connectivity index (χ4n) is 1.54. The van der Waals surface area contributed by atoms with Crippen molar-refractivity contribution in [2.45, 2.75) is 26.1 Å². The maximum Gasteiger partial charge on any atom is 0.118 e. The van der Waals surface area contributed by atoms with E-state index >= 15 is 0 Å². The zero-order chi connectivity index (χ0) is 13.4. The number of hydrogen-bond donors (Lipinski definition) is 1. The highest BCUT2D eigenvalue weighted by Crippen LogP contribution is 2.12. The molecule has 0 bridgehead atoms. The third-order valence-electron chi connectivity index (χ3n) is 2.96. The first-order valence-electron chi connectivity index (χ1n) is 6.18. The van der Waals surface area contributed by atoms with Crippen LogP contribution < -0.4 is 4.74 Å². The van der Waals surface area contributed by atoms with Crippen LogP contribution in [-0.4, -0.2) is 24.9 Å². The van der Waals surface area contributed by atoms with Crippen molar-refractivity contribution in [1.82, 2.24) is 0 Å². The Kier molecular flexibility index (Phi) is 6.47. The number of ether oxygens (including phenoxy) is 2. The third-order valence-corrected chi connectivity index (χ3v) is 2.96. The number of aliphatic hydroxyl groups is 1. The Labute approximate surface area is 109 Å². The summed E-state index contributed by atoms with van der Waals surface area (Å²) >= 11 is 0. The maximum absolute atomic E-state index is 9.72. The van der Waals surface area contributed by atoms with Crippen LogP contribution in [0.2, 0.25) is 0 Å². The summed E-state index contributed by atoms with van der Waals surface area (Å²) in [7, 11) is 1.65. The molecule has 2 atom stereocenters. The van der Waals surface area contributed by atoms with Gasteiger partial charge in [-0.15, -0.1) is 6.58 Å². The second-order valence-corrected chi connectivity index (χ2v) is 4.35. The second-order valence-electron chi connectivity index (χ2n) is 4.35. The molecule has 0 aromatic heterocycles. The van der Waals surface area contributed by atoms with Gasteiger partial charge in [-0.2, -0.15) is 0 Å². The zero-order valence-corrected chi connectivity index (χ0v) is 11.1. The highest BCUT2D eigenvalue weighted by Gasteiger charge is 2.09. The molecule has 0 saturated carbocycles. The molecule has 1 aromatic rings. The Morgan fingerprint density at radius 1 is 1.33 bits per heavy atom. The van der Waals surface area contributed by atoms with Gasteiger partial charge in [0.1, 0.15) is 5.75 Å². The number of benzene rings is 1. The van der Waals surface area contributed by atoms with Crippen LogP contribution >= 0.6 is 0 Å². The van der Waals surface area contributed by atoms with Gasteiger partial charge in [0.2, 0.25) is 0 Å². The van der Waals surface area contributed by atoms with Crippen LogP contribution in [0.3, 0.4) is 0 Å². The minimum absolute atomic E-state index is 0.106. The van der Waals surface area contributed by atoms with Gasteiger partial charge in [-0.05, 0) is 30.0 Å². The highest BCUT2D eigenvalue weighted by molar-refractivity contribution is 5.26. The minimum Gasteiger partial charge on any atom is -0.497 e. The molecule has 0 aliphatic carbocycles. The Hall–Kier alpha value is -1.32. The maximum atomic E-state index is 9.72. The first kappa shape index (κ1) is 14.7. The SMILES string of the molecule is C=C[C@@H](C)[C@@H](O)CCOCc1ccc(OC)cc1. The van der Waals surface area contributed by atoms with E-state index in [1.54, 1.807) is 13.2 Å². The van der Waals surface area contributed by atoms with Gasteiger partial charge >= 0.3 is 0 Å². The van der Waals surface area contributed by atoms with E-state index in [0.717, 1.165) is 11.3 Å². The second kappa shape index (κ2) is 7.90. The molecule has 0 fully saturated rings. The number of hydrogen-bond acceptors (Lipinski definition) is 3. The van der Waals surface area contributed by atoms with E-state index in [0.29, 0.717) is 19.6 Å². The van der Waals surface area contributed by atoms with Gasteiger partial charge in [-0.25, -0.2) is 0 Å². The van der Waals surface area contributed by atoms with Crippen LogP contribution in [-0.2, 0) is 11.3 Å². The predicted octanol–water partition coefficient (Wildman–Crippen LogP) is 2.78. The molecular weight excluding hydrogens is 228 g/mol. The lowest BCUT2D eigenvalue weighted by Crippen LogP contribution is -2.17. The molecule has 0 radical (unpaired) electrons. The molecule has 3 heteroatoms. The van der Waals surface area contributed by atoms with Gasteiger partial charge < -0.3 is 14.6 Å². The van der Waals surface area contributed by atoms with E-state index in [2.05, 4.69) is 6.58 Å². The molecule has 0 amide bonds. The summed E-state index contributed by atoms with van der Waals surface area (Å²) in [6.45, 7) is 6.71. The van der Waals surface area contributed by atoms with Crippen LogP contribution in [0, 0.1) is 5.92 Å². The Balaban J connectivity index is 2.23. The van der Waals surface area contributed by atoms with E-state index in [1.165, 1.54) is 0 Å². The average Bonchev–Trinajstić information content (AvgIpc) is 2.43. The van der Waals surface area contributed by atoms with Crippen molar-refractivity contribution in [3.05, 3.63) is 42.5 Å². The third kappa shape index (κ3) is 4.90. The van der Waals surface area contributed by atoms with E-state index in [1.807, 2.05) is 31.2 Å². The quantitative estimate of drug-likeness (QED) is 0.569. The molecule has 0 aliphatic heterocycles. The first-order chi connectivity index (χ1) is 8.67. The lowest BCUT2D eigenvalue weighted by molar-refractivity contribution is 0.0590. The zero-order valence-electron chi connectivity index (χ0n) is 11.1. The van der Waals surface area contributed by atoms with Crippen LogP contribution in [0.5, 0.6) is 5.75 Å². The summed E-state index contributed by atoms with van der Waals surface area (Å²) < 4.78 is 10.6. The summed E-state index contributed by atoms with van der Waals surface area (Å²) in [5, 5.41) is 9.72. The Bertz CT molecular complexity index is 345. The van der Waals surface area contributed by atoms with Gasteiger partial charge in [0, 0.05) is 6.61 Å². The number of methoxy groups -OCH3 is 1. The van der Waals surface area contributed by atoms with E-state index in [9.17, 15) is 5.11 Å². The first-order valence-corrected chi connectivity index (χ1v) is 6.18. The van der Waals surface area contributed by atoms with Crippen LogP contribution in [0.25, 0.3) is 0 Å².